The predicted molar refractivity (Wildman–Crippen MR) is 104 cm³/mol. The average molecular weight is 419 g/mol. The molecule has 0 aromatic heterocycles. The van der Waals surface area contributed by atoms with Crippen molar-refractivity contribution in [2.45, 2.75) is 38.8 Å². The molecule has 10 nitrogen and oxygen atoms in total. The van der Waals surface area contributed by atoms with Gasteiger partial charge in [0.2, 0.25) is 12.7 Å². The van der Waals surface area contributed by atoms with Crippen molar-refractivity contribution >= 4 is 23.8 Å². The van der Waals surface area contributed by atoms with Gasteiger partial charge < -0.3 is 24.8 Å². The van der Waals surface area contributed by atoms with Crippen LogP contribution in [0.1, 0.15) is 32.8 Å². The molecular formula is C20H25N3O7. The number of esters is 1. The minimum absolute atomic E-state index is 0.0832. The van der Waals surface area contributed by atoms with Gasteiger partial charge in [-0.1, -0.05) is 19.9 Å². The molecule has 0 aliphatic carbocycles. The molecule has 1 aromatic carbocycles. The number of imide groups is 1. The van der Waals surface area contributed by atoms with Crippen LogP contribution in [0.3, 0.4) is 0 Å². The molecule has 2 N–H and O–H groups in total. The van der Waals surface area contributed by atoms with Crippen molar-refractivity contribution in [1.82, 2.24) is 15.5 Å². The molecule has 1 aromatic rings. The number of hydrogen-bond acceptors (Lipinski definition) is 7. The Morgan fingerprint density at radius 1 is 1.27 bits per heavy atom. The van der Waals surface area contributed by atoms with E-state index in [2.05, 4.69) is 10.6 Å². The molecule has 2 heterocycles. The third-order valence-electron chi connectivity index (χ3n) is 5.05. The Morgan fingerprint density at radius 3 is 2.63 bits per heavy atom. The monoisotopic (exact) mass is 419 g/mol. The number of fused-ring (bicyclic) bond motifs is 1. The summed E-state index contributed by atoms with van der Waals surface area (Å²) in [5.41, 5.74) is -0.863. The van der Waals surface area contributed by atoms with Crippen LogP contribution in [0.15, 0.2) is 18.2 Å². The maximum atomic E-state index is 13.0. The third-order valence-corrected chi connectivity index (χ3v) is 5.05. The number of ether oxygens (including phenoxy) is 3. The van der Waals surface area contributed by atoms with E-state index in [-0.39, 0.29) is 12.7 Å². The number of benzene rings is 1. The van der Waals surface area contributed by atoms with E-state index in [0.717, 1.165) is 4.90 Å². The Labute approximate surface area is 173 Å². The van der Waals surface area contributed by atoms with Gasteiger partial charge in [0.05, 0.1) is 7.11 Å². The van der Waals surface area contributed by atoms with E-state index in [4.69, 9.17) is 14.2 Å². The minimum atomic E-state index is -1.36. The zero-order valence-electron chi connectivity index (χ0n) is 17.3. The highest BCUT2D eigenvalue weighted by atomic mass is 16.7. The number of carbonyl (C=O) groups is 4. The van der Waals surface area contributed by atoms with Gasteiger partial charge in [-0.25, -0.2) is 9.59 Å². The van der Waals surface area contributed by atoms with Crippen LogP contribution in [0.5, 0.6) is 11.5 Å². The van der Waals surface area contributed by atoms with E-state index in [1.807, 2.05) is 13.8 Å². The van der Waals surface area contributed by atoms with Crippen LogP contribution >= 0.6 is 0 Å². The highest BCUT2D eigenvalue weighted by Gasteiger charge is 2.50. The molecule has 1 saturated heterocycles. The van der Waals surface area contributed by atoms with Gasteiger partial charge in [0.15, 0.2) is 11.5 Å². The Kier molecular flexibility index (Phi) is 5.86. The summed E-state index contributed by atoms with van der Waals surface area (Å²) in [6, 6.07) is 3.38. The van der Waals surface area contributed by atoms with Crippen LogP contribution in [0, 0.1) is 5.92 Å². The van der Waals surface area contributed by atoms with Crippen LogP contribution in [-0.2, 0) is 24.7 Å². The molecule has 1 fully saturated rings. The lowest BCUT2D eigenvalue weighted by Crippen LogP contribution is -2.48. The quantitative estimate of drug-likeness (QED) is 0.497. The van der Waals surface area contributed by atoms with Gasteiger partial charge in [-0.05, 0) is 37.0 Å². The second-order valence-electron chi connectivity index (χ2n) is 7.79. The van der Waals surface area contributed by atoms with Gasteiger partial charge in [-0.3, -0.25) is 14.5 Å². The Balaban J connectivity index is 1.73. The van der Waals surface area contributed by atoms with Gasteiger partial charge in [-0.15, -0.1) is 0 Å². The smallest absolute Gasteiger partial charge is 0.328 e. The molecular weight excluding hydrogens is 394 g/mol. The summed E-state index contributed by atoms with van der Waals surface area (Å²) >= 11 is 0. The van der Waals surface area contributed by atoms with Crippen LogP contribution in [0.2, 0.25) is 0 Å². The van der Waals surface area contributed by atoms with Gasteiger partial charge in [0, 0.05) is 0 Å². The largest absolute Gasteiger partial charge is 0.467 e. The molecule has 2 atom stereocenters. The molecule has 2 aliphatic rings. The van der Waals surface area contributed by atoms with E-state index in [1.54, 1.807) is 25.1 Å². The van der Waals surface area contributed by atoms with Crippen LogP contribution in [-0.4, -0.2) is 55.2 Å². The van der Waals surface area contributed by atoms with Crippen LogP contribution in [0.25, 0.3) is 0 Å². The van der Waals surface area contributed by atoms with Gasteiger partial charge in [-0.2, -0.15) is 0 Å². The van der Waals surface area contributed by atoms with Crippen molar-refractivity contribution in [3.05, 3.63) is 23.8 Å². The molecule has 162 valence electrons. The van der Waals surface area contributed by atoms with Crippen molar-refractivity contribution < 1.29 is 33.4 Å². The molecule has 2 aliphatic heterocycles. The van der Waals surface area contributed by atoms with E-state index >= 15 is 0 Å². The fourth-order valence-corrected chi connectivity index (χ4v) is 3.46. The molecule has 0 radical (unpaired) electrons. The predicted octanol–water partition coefficient (Wildman–Crippen LogP) is 0.886. The fourth-order valence-electron chi connectivity index (χ4n) is 3.46. The summed E-state index contributed by atoms with van der Waals surface area (Å²) < 4.78 is 15.3. The summed E-state index contributed by atoms with van der Waals surface area (Å²) in [5.74, 6) is -0.653. The molecule has 30 heavy (non-hydrogen) atoms. The highest BCUT2D eigenvalue weighted by Crippen LogP contribution is 2.37. The topological polar surface area (TPSA) is 123 Å². The van der Waals surface area contributed by atoms with Gasteiger partial charge in [0.1, 0.15) is 18.1 Å². The summed E-state index contributed by atoms with van der Waals surface area (Å²) in [5, 5.41) is 5.18. The fraction of sp³-hybridized carbons (Fsp3) is 0.500. The van der Waals surface area contributed by atoms with Crippen molar-refractivity contribution in [2.75, 3.05) is 20.4 Å². The first-order chi connectivity index (χ1) is 14.2. The summed E-state index contributed by atoms with van der Waals surface area (Å²) in [4.78, 5) is 50.7. The SMILES string of the molecule is COC(=O)[C@H](CC(C)C)NC(=O)CN1C(=O)N[C@](C)(c2ccc3c(c2)OCO3)C1=O. The number of nitrogens with zero attached hydrogens (tertiary/aromatic N) is 1. The van der Waals surface area contributed by atoms with Gasteiger partial charge in [0.25, 0.3) is 5.91 Å². The second-order valence-corrected chi connectivity index (χ2v) is 7.79. The Bertz CT molecular complexity index is 885. The standard InChI is InChI=1S/C20H25N3O7/c1-11(2)7-13(17(25)28-4)21-16(24)9-23-18(26)20(3,22-19(23)27)12-5-6-14-15(8-12)30-10-29-14/h5-6,8,11,13H,7,9-10H2,1-4H3,(H,21,24)(H,22,27)/t13-,20+/m0/s1. The second kappa shape index (κ2) is 8.21. The third kappa shape index (κ3) is 4.03. The number of carbonyl (C=O) groups excluding carboxylic acids is 4. The average Bonchev–Trinajstić information content (AvgIpc) is 3.25. The lowest BCUT2D eigenvalue weighted by molar-refractivity contribution is -0.145. The molecule has 0 spiro atoms. The van der Waals surface area contributed by atoms with Crippen molar-refractivity contribution in [1.29, 1.82) is 0 Å². The van der Waals surface area contributed by atoms with Crippen molar-refractivity contribution in [3.8, 4) is 11.5 Å². The first-order valence-corrected chi connectivity index (χ1v) is 9.57. The number of rotatable bonds is 7. The molecule has 4 amide bonds. The number of methoxy groups -OCH3 is 1. The summed E-state index contributed by atoms with van der Waals surface area (Å²) in [6.45, 7) is 4.92. The van der Waals surface area contributed by atoms with Crippen molar-refractivity contribution in [3.63, 3.8) is 0 Å². The first kappa shape index (κ1) is 21.4. The number of urea groups is 1. The number of amides is 4. The Hall–Kier alpha value is -3.30. The van der Waals surface area contributed by atoms with E-state index in [0.29, 0.717) is 23.5 Å². The molecule has 3 rings (SSSR count). The molecule has 0 bridgehead atoms. The maximum Gasteiger partial charge on any atom is 0.328 e. The Morgan fingerprint density at radius 2 is 1.97 bits per heavy atom. The minimum Gasteiger partial charge on any atom is -0.467 e. The van der Waals surface area contributed by atoms with E-state index in [1.165, 1.54) is 7.11 Å². The van der Waals surface area contributed by atoms with Gasteiger partial charge >= 0.3 is 12.0 Å². The molecule has 0 unspecified atom stereocenters. The number of nitrogens with one attached hydrogen (secondary N) is 2. The normalized spacial score (nSPS) is 20.9. The lowest BCUT2D eigenvalue weighted by atomic mass is 9.91. The summed E-state index contributed by atoms with van der Waals surface area (Å²) in [7, 11) is 1.23. The van der Waals surface area contributed by atoms with Crippen LogP contribution in [0.4, 0.5) is 4.79 Å². The molecule has 0 saturated carbocycles. The molecule has 10 heteroatoms. The zero-order chi connectivity index (χ0) is 22.1. The highest BCUT2D eigenvalue weighted by molar-refractivity contribution is 6.09. The van der Waals surface area contributed by atoms with E-state index in [9.17, 15) is 19.2 Å². The first-order valence-electron chi connectivity index (χ1n) is 9.57. The van der Waals surface area contributed by atoms with Crippen LogP contribution < -0.4 is 20.1 Å². The summed E-state index contributed by atoms with van der Waals surface area (Å²) in [6.07, 6.45) is 0.369. The van der Waals surface area contributed by atoms with Crippen molar-refractivity contribution in [2.24, 2.45) is 5.92 Å². The zero-order valence-corrected chi connectivity index (χ0v) is 17.3. The number of hydrogen-bond donors (Lipinski definition) is 2. The maximum absolute atomic E-state index is 13.0. The lowest BCUT2D eigenvalue weighted by Gasteiger charge is -2.23. The van der Waals surface area contributed by atoms with E-state index < -0.39 is 41.9 Å².